The molecule has 3 aromatic heterocycles. The summed E-state index contributed by atoms with van der Waals surface area (Å²) in [5.74, 6) is 0.399. The molecule has 0 bridgehead atoms. The summed E-state index contributed by atoms with van der Waals surface area (Å²) in [4.78, 5) is 16.8. The van der Waals surface area contributed by atoms with Gasteiger partial charge in [-0.3, -0.25) is 4.79 Å². The third-order valence-corrected chi connectivity index (χ3v) is 3.77. The normalized spacial score (nSPS) is 11.2. The van der Waals surface area contributed by atoms with E-state index in [1.54, 1.807) is 24.5 Å². The van der Waals surface area contributed by atoms with Crippen LogP contribution >= 0.6 is 0 Å². The number of hydrogen-bond acceptors (Lipinski definition) is 3. The number of furan rings is 1. The van der Waals surface area contributed by atoms with Crippen molar-refractivity contribution < 1.29 is 9.21 Å². The number of amides is 1. The topological polar surface area (TPSA) is 59.5 Å². The number of aromatic nitrogens is 2. The Hall–Kier alpha value is -3.60. The van der Waals surface area contributed by atoms with E-state index < -0.39 is 0 Å². The Morgan fingerprint density at radius 1 is 1.08 bits per heavy atom. The van der Waals surface area contributed by atoms with Crippen LogP contribution in [-0.2, 0) is 4.79 Å². The summed E-state index contributed by atoms with van der Waals surface area (Å²) in [5.41, 5.74) is 3.24. The molecule has 4 rings (SSSR count). The van der Waals surface area contributed by atoms with Gasteiger partial charge in [0.25, 0.3) is 0 Å². The predicted octanol–water partition coefficient (Wildman–Crippen LogP) is 4.25. The van der Waals surface area contributed by atoms with Gasteiger partial charge in [0.15, 0.2) is 0 Å². The fourth-order valence-electron chi connectivity index (χ4n) is 2.60. The second-order valence-electron chi connectivity index (χ2n) is 5.48. The van der Waals surface area contributed by atoms with E-state index in [-0.39, 0.29) is 5.91 Å². The first-order valence-corrected chi connectivity index (χ1v) is 7.85. The second-order valence-corrected chi connectivity index (χ2v) is 5.48. The summed E-state index contributed by atoms with van der Waals surface area (Å²) in [5, 5.41) is 2.90. The zero-order valence-electron chi connectivity index (χ0n) is 13.3. The van der Waals surface area contributed by atoms with E-state index in [0.717, 1.165) is 16.9 Å². The zero-order valence-corrected chi connectivity index (χ0v) is 13.3. The summed E-state index contributed by atoms with van der Waals surface area (Å²) < 4.78 is 7.13. The molecule has 122 valence electrons. The highest BCUT2D eigenvalue weighted by Crippen LogP contribution is 2.27. The van der Waals surface area contributed by atoms with Gasteiger partial charge in [0.2, 0.25) is 5.91 Å². The van der Waals surface area contributed by atoms with Crippen molar-refractivity contribution in [1.82, 2.24) is 9.38 Å². The van der Waals surface area contributed by atoms with Gasteiger partial charge in [0.1, 0.15) is 11.4 Å². The SMILES string of the molecule is O=C(C=Cc1ccco1)Nc1ccccc1-c1cn2ccccc2n1. The summed E-state index contributed by atoms with van der Waals surface area (Å²) in [6, 6.07) is 17.0. The van der Waals surface area contributed by atoms with Crippen LogP contribution < -0.4 is 5.32 Å². The lowest BCUT2D eigenvalue weighted by Gasteiger charge is -2.07. The van der Waals surface area contributed by atoms with Gasteiger partial charge in [0, 0.05) is 24.0 Å². The lowest BCUT2D eigenvalue weighted by atomic mass is 10.1. The van der Waals surface area contributed by atoms with E-state index in [1.807, 2.05) is 59.3 Å². The molecule has 0 saturated carbocycles. The van der Waals surface area contributed by atoms with Gasteiger partial charge in [-0.05, 0) is 36.4 Å². The van der Waals surface area contributed by atoms with Gasteiger partial charge < -0.3 is 14.1 Å². The molecular formula is C20H15N3O2. The molecule has 0 fully saturated rings. The number of hydrogen-bond donors (Lipinski definition) is 1. The first-order chi connectivity index (χ1) is 12.3. The molecule has 0 aliphatic heterocycles. The number of nitrogens with zero attached hydrogens (tertiary/aromatic N) is 2. The fraction of sp³-hybridized carbons (Fsp3) is 0. The zero-order chi connectivity index (χ0) is 17.1. The monoisotopic (exact) mass is 329 g/mol. The number of fused-ring (bicyclic) bond motifs is 1. The maximum atomic E-state index is 12.2. The van der Waals surface area contributed by atoms with Crippen LogP contribution in [0.15, 0.2) is 83.7 Å². The minimum absolute atomic E-state index is 0.229. The Morgan fingerprint density at radius 2 is 1.96 bits per heavy atom. The molecule has 5 heteroatoms. The van der Waals surface area contributed by atoms with Crippen LogP contribution in [0.2, 0.25) is 0 Å². The largest absolute Gasteiger partial charge is 0.465 e. The molecule has 3 heterocycles. The van der Waals surface area contributed by atoms with Crippen molar-refractivity contribution >= 4 is 23.3 Å². The minimum atomic E-state index is -0.229. The number of rotatable bonds is 4. The molecule has 0 saturated heterocycles. The van der Waals surface area contributed by atoms with Crippen molar-refractivity contribution in [2.75, 3.05) is 5.32 Å². The van der Waals surface area contributed by atoms with Crippen molar-refractivity contribution in [3.63, 3.8) is 0 Å². The van der Waals surface area contributed by atoms with Crippen molar-refractivity contribution in [1.29, 1.82) is 0 Å². The van der Waals surface area contributed by atoms with Crippen molar-refractivity contribution in [3.8, 4) is 11.3 Å². The third-order valence-electron chi connectivity index (χ3n) is 3.77. The predicted molar refractivity (Wildman–Crippen MR) is 97.0 cm³/mol. The van der Waals surface area contributed by atoms with Crippen LogP contribution in [0.1, 0.15) is 5.76 Å². The van der Waals surface area contributed by atoms with E-state index in [2.05, 4.69) is 10.3 Å². The van der Waals surface area contributed by atoms with Crippen LogP contribution in [0.25, 0.3) is 23.0 Å². The Bertz CT molecular complexity index is 1010. The Morgan fingerprint density at radius 3 is 2.80 bits per heavy atom. The molecule has 0 aliphatic carbocycles. The van der Waals surface area contributed by atoms with Crippen LogP contribution in [-0.4, -0.2) is 15.3 Å². The summed E-state index contributed by atoms with van der Waals surface area (Å²) in [6.07, 6.45) is 8.52. The molecule has 0 unspecified atom stereocenters. The van der Waals surface area contributed by atoms with Crippen LogP contribution in [0.3, 0.4) is 0 Å². The number of carbonyl (C=O) groups is 1. The van der Waals surface area contributed by atoms with E-state index in [4.69, 9.17) is 4.42 Å². The summed E-state index contributed by atoms with van der Waals surface area (Å²) >= 11 is 0. The molecule has 1 aromatic carbocycles. The number of benzene rings is 1. The van der Waals surface area contributed by atoms with E-state index in [0.29, 0.717) is 11.4 Å². The van der Waals surface area contributed by atoms with Crippen LogP contribution in [0.4, 0.5) is 5.69 Å². The maximum Gasteiger partial charge on any atom is 0.248 e. The first-order valence-electron chi connectivity index (χ1n) is 7.85. The number of pyridine rings is 1. The molecule has 0 spiro atoms. The maximum absolute atomic E-state index is 12.2. The molecular weight excluding hydrogens is 314 g/mol. The quantitative estimate of drug-likeness (QED) is 0.570. The van der Waals surface area contributed by atoms with Gasteiger partial charge in [-0.25, -0.2) is 4.98 Å². The minimum Gasteiger partial charge on any atom is -0.465 e. The Labute approximate surface area is 144 Å². The van der Waals surface area contributed by atoms with Crippen LogP contribution in [0.5, 0.6) is 0 Å². The standard InChI is InChI=1S/C20H15N3O2/c24-20(11-10-15-6-5-13-25-15)22-17-8-2-1-7-16(17)18-14-23-12-4-3-9-19(23)21-18/h1-14H,(H,22,24). The Kier molecular flexibility index (Phi) is 3.88. The first kappa shape index (κ1) is 15.0. The van der Waals surface area contributed by atoms with Gasteiger partial charge in [-0.15, -0.1) is 0 Å². The smallest absolute Gasteiger partial charge is 0.248 e. The number of imidazole rings is 1. The fourth-order valence-corrected chi connectivity index (χ4v) is 2.60. The highest BCUT2D eigenvalue weighted by molar-refractivity contribution is 6.03. The van der Waals surface area contributed by atoms with Gasteiger partial charge in [-0.2, -0.15) is 0 Å². The van der Waals surface area contributed by atoms with Crippen molar-refractivity contribution in [3.05, 3.63) is 85.1 Å². The van der Waals surface area contributed by atoms with E-state index in [9.17, 15) is 4.79 Å². The Balaban J connectivity index is 1.61. The summed E-state index contributed by atoms with van der Waals surface area (Å²) in [7, 11) is 0. The van der Waals surface area contributed by atoms with Crippen LogP contribution in [0, 0.1) is 0 Å². The van der Waals surface area contributed by atoms with Gasteiger partial charge in [0.05, 0.1) is 17.6 Å². The molecule has 0 atom stereocenters. The van der Waals surface area contributed by atoms with Crippen molar-refractivity contribution in [2.45, 2.75) is 0 Å². The number of para-hydroxylation sites is 1. The number of anilines is 1. The average Bonchev–Trinajstić information content (AvgIpc) is 3.30. The highest BCUT2D eigenvalue weighted by Gasteiger charge is 2.10. The van der Waals surface area contributed by atoms with Gasteiger partial charge in [-0.1, -0.05) is 24.3 Å². The van der Waals surface area contributed by atoms with E-state index in [1.165, 1.54) is 6.08 Å². The third kappa shape index (κ3) is 3.21. The molecule has 1 amide bonds. The number of carbonyl (C=O) groups excluding carboxylic acids is 1. The molecule has 1 N–H and O–H groups in total. The van der Waals surface area contributed by atoms with Crippen molar-refractivity contribution in [2.24, 2.45) is 0 Å². The number of nitrogens with one attached hydrogen (secondary N) is 1. The summed E-state index contributed by atoms with van der Waals surface area (Å²) in [6.45, 7) is 0. The molecule has 0 radical (unpaired) electrons. The average molecular weight is 329 g/mol. The van der Waals surface area contributed by atoms with E-state index >= 15 is 0 Å². The van der Waals surface area contributed by atoms with Gasteiger partial charge >= 0.3 is 0 Å². The second kappa shape index (κ2) is 6.49. The molecule has 25 heavy (non-hydrogen) atoms. The molecule has 5 nitrogen and oxygen atoms in total. The molecule has 4 aromatic rings. The lowest BCUT2D eigenvalue weighted by Crippen LogP contribution is -2.08. The molecule has 0 aliphatic rings. The highest BCUT2D eigenvalue weighted by atomic mass is 16.3. The lowest BCUT2D eigenvalue weighted by molar-refractivity contribution is -0.111.